The molecular formula is C24H22F3NO3S. The summed E-state index contributed by atoms with van der Waals surface area (Å²) in [6, 6.07) is 10.9. The number of benzene rings is 2. The Kier molecular flexibility index (Phi) is 6.74. The van der Waals surface area contributed by atoms with Crippen LogP contribution >= 0.6 is 11.3 Å². The zero-order valence-electron chi connectivity index (χ0n) is 17.7. The van der Waals surface area contributed by atoms with E-state index in [9.17, 15) is 22.8 Å². The molecule has 32 heavy (non-hydrogen) atoms. The molecule has 0 radical (unpaired) electrons. The summed E-state index contributed by atoms with van der Waals surface area (Å²) in [5.74, 6) is -1.30. The number of nitrogens with one attached hydrogen (secondary N) is 1. The highest BCUT2D eigenvalue weighted by atomic mass is 32.1. The Morgan fingerprint density at radius 1 is 1.00 bits per heavy atom. The molecule has 4 nitrogen and oxygen atoms in total. The number of amides is 1. The second-order valence-electron chi connectivity index (χ2n) is 7.56. The minimum atomic E-state index is -4.39. The topological polar surface area (TPSA) is 66.4 Å². The zero-order valence-corrected chi connectivity index (χ0v) is 18.5. The summed E-state index contributed by atoms with van der Waals surface area (Å²) in [4.78, 5) is 25.9. The SMILES string of the molecule is Cc1sc(C)c(C(=O)NC(C)c2ccc(C(=O)O)cc2)c1Cc1ccc(C(F)(F)F)cc1. The fraction of sp³-hybridized carbons (Fsp3) is 0.250. The van der Waals surface area contributed by atoms with Gasteiger partial charge in [0.05, 0.1) is 22.7 Å². The van der Waals surface area contributed by atoms with Crippen LogP contribution in [0.2, 0.25) is 0 Å². The number of alkyl halides is 3. The van der Waals surface area contributed by atoms with E-state index in [1.54, 1.807) is 19.1 Å². The van der Waals surface area contributed by atoms with Gasteiger partial charge in [-0.25, -0.2) is 4.79 Å². The largest absolute Gasteiger partial charge is 0.478 e. The minimum absolute atomic E-state index is 0.162. The minimum Gasteiger partial charge on any atom is -0.478 e. The van der Waals surface area contributed by atoms with Gasteiger partial charge in [-0.3, -0.25) is 4.79 Å². The number of halogens is 3. The molecule has 1 atom stereocenters. The first-order valence-corrected chi connectivity index (χ1v) is 10.7. The highest BCUT2D eigenvalue weighted by molar-refractivity contribution is 7.12. The monoisotopic (exact) mass is 461 g/mol. The van der Waals surface area contributed by atoms with E-state index in [0.29, 0.717) is 17.5 Å². The van der Waals surface area contributed by atoms with E-state index in [2.05, 4.69) is 5.32 Å². The summed E-state index contributed by atoms with van der Waals surface area (Å²) in [6.07, 6.45) is -4.05. The molecule has 0 aliphatic rings. The van der Waals surface area contributed by atoms with E-state index in [0.717, 1.165) is 33.0 Å². The molecule has 0 bridgehead atoms. The molecule has 0 saturated carbocycles. The van der Waals surface area contributed by atoms with Gasteiger partial charge >= 0.3 is 12.1 Å². The predicted octanol–water partition coefficient (Wildman–Crippen LogP) is 6.16. The van der Waals surface area contributed by atoms with Crippen molar-refractivity contribution in [1.82, 2.24) is 5.32 Å². The number of carboxylic acids is 1. The maximum absolute atomic E-state index is 13.1. The van der Waals surface area contributed by atoms with E-state index in [1.165, 1.54) is 35.6 Å². The van der Waals surface area contributed by atoms with Crippen molar-refractivity contribution >= 4 is 23.2 Å². The maximum Gasteiger partial charge on any atom is 0.416 e. The molecule has 8 heteroatoms. The third-order valence-corrected chi connectivity index (χ3v) is 6.34. The van der Waals surface area contributed by atoms with Crippen molar-refractivity contribution in [2.45, 2.75) is 39.4 Å². The number of aromatic carboxylic acids is 1. The van der Waals surface area contributed by atoms with Crippen molar-refractivity contribution in [3.63, 3.8) is 0 Å². The number of rotatable bonds is 6. The highest BCUT2D eigenvalue weighted by Crippen LogP contribution is 2.32. The van der Waals surface area contributed by atoms with Crippen molar-refractivity contribution in [3.8, 4) is 0 Å². The maximum atomic E-state index is 13.1. The smallest absolute Gasteiger partial charge is 0.416 e. The van der Waals surface area contributed by atoms with Crippen molar-refractivity contribution in [2.75, 3.05) is 0 Å². The van der Waals surface area contributed by atoms with Crippen LogP contribution in [-0.4, -0.2) is 17.0 Å². The van der Waals surface area contributed by atoms with E-state index in [-0.39, 0.29) is 17.5 Å². The van der Waals surface area contributed by atoms with E-state index in [4.69, 9.17) is 5.11 Å². The van der Waals surface area contributed by atoms with Gasteiger partial charge in [0.2, 0.25) is 0 Å². The van der Waals surface area contributed by atoms with Crippen LogP contribution in [0.4, 0.5) is 13.2 Å². The Morgan fingerprint density at radius 3 is 2.12 bits per heavy atom. The number of aryl methyl sites for hydroxylation is 2. The van der Waals surface area contributed by atoms with Crippen LogP contribution in [-0.2, 0) is 12.6 Å². The quantitative estimate of drug-likeness (QED) is 0.462. The Bertz CT molecular complexity index is 1130. The van der Waals surface area contributed by atoms with Crippen LogP contribution in [0, 0.1) is 13.8 Å². The molecule has 0 aliphatic carbocycles. The normalized spacial score (nSPS) is 12.4. The van der Waals surface area contributed by atoms with Gasteiger partial charge in [-0.1, -0.05) is 24.3 Å². The fourth-order valence-electron chi connectivity index (χ4n) is 3.52. The Labute approximate surface area is 187 Å². The van der Waals surface area contributed by atoms with Gasteiger partial charge in [0.1, 0.15) is 0 Å². The average Bonchev–Trinajstić information content (AvgIpc) is 3.00. The van der Waals surface area contributed by atoms with Crippen LogP contribution in [0.3, 0.4) is 0 Å². The summed E-state index contributed by atoms with van der Waals surface area (Å²) >= 11 is 1.47. The van der Waals surface area contributed by atoms with Crippen LogP contribution in [0.25, 0.3) is 0 Å². The number of thiophene rings is 1. The molecule has 0 spiro atoms. The third kappa shape index (κ3) is 5.19. The first-order valence-electron chi connectivity index (χ1n) is 9.86. The lowest BCUT2D eigenvalue weighted by Crippen LogP contribution is -2.27. The number of hydrogen-bond donors (Lipinski definition) is 2. The molecule has 1 unspecified atom stereocenters. The lowest BCUT2D eigenvalue weighted by molar-refractivity contribution is -0.137. The van der Waals surface area contributed by atoms with Crippen LogP contribution < -0.4 is 5.32 Å². The summed E-state index contributed by atoms with van der Waals surface area (Å²) < 4.78 is 38.5. The molecule has 0 fully saturated rings. The fourth-order valence-corrected chi connectivity index (χ4v) is 4.60. The van der Waals surface area contributed by atoms with Gasteiger partial charge < -0.3 is 10.4 Å². The summed E-state index contributed by atoms with van der Waals surface area (Å²) in [7, 11) is 0. The number of hydrogen-bond acceptors (Lipinski definition) is 3. The molecular weight excluding hydrogens is 439 g/mol. The molecule has 2 aromatic carbocycles. The molecule has 1 amide bonds. The Balaban J connectivity index is 1.80. The zero-order chi connectivity index (χ0) is 23.6. The number of carboxylic acid groups (broad SMARTS) is 1. The standard InChI is InChI=1S/C24H22F3NO3S/c1-13(17-6-8-18(9-7-17)23(30)31)28-22(29)21-15(3)32-14(2)20(21)12-16-4-10-19(11-5-16)24(25,26)27/h4-11,13H,12H2,1-3H3,(H,28,29)(H,30,31). The molecule has 3 rings (SSSR count). The number of carbonyl (C=O) groups is 2. The van der Waals surface area contributed by atoms with E-state index in [1.807, 2.05) is 13.8 Å². The molecule has 1 aromatic heterocycles. The van der Waals surface area contributed by atoms with Crippen molar-refractivity contribution < 1.29 is 27.9 Å². The molecule has 0 aliphatic heterocycles. The van der Waals surface area contributed by atoms with Gasteiger partial charge in [-0.15, -0.1) is 11.3 Å². The van der Waals surface area contributed by atoms with Gasteiger partial charge in [0.15, 0.2) is 0 Å². The Morgan fingerprint density at radius 2 is 1.59 bits per heavy atom. The summed E-state index contributed by atoms with van der Waals surface area (Å²) in [5.41, 5.74) is 2.22. The van der Waals surface area contributed by atoms with Gasteiger partial charge in [-0.2, -0.15) is 13.2 Å². The van der Waals surface area contributed by atoms with Crippen molar-refractivity contribution in [1.29, 1.82) is 0 Å². The summed E-state index contributed by atoms with van der Waals surface area (Å²) in [6.45, 7) is 5.54. The molecule has 1 heterocycles. The lowest BCUT2D eigenvalue weighted by Gasteiger charge is -2.16. The molecule has 3 aromatic rings. The van der Waals surface area contributed by atoms with Gasteiger partial charge in [0, 0.05) is 9.75 Å². The van der Waals surface area contributed by atoms with Gasteiger partial charge in [0.25, 0.3) is 5.91 Å². The van der Waals surface area contributed by atoms with Crippen LogP contribution in [0.15, 0.2) is 48.5 Å². The van der Waals surface area contributed by atoms with Gasteiger partial charge in [-0.05, 0) is 68.1 Å². The van der Waals surface area contributed by atoms with E-state index >= 15 is 0 Å². The molecule has 0 saturated heterocycles. The summed E-state index contributed by atoms with van der Waals surface area (Å²) in [5, 5.41) is 12.0. The lowest BCUT2D eigenvalue weighted by atomic mass is 9.98. The van der Waals surface area contributed by atoms with Crippen LogP contribution in [0.1, 0.15) is 65.7 Å². The van der Waals surface area contributed by atoms with Crippen molar-refractivity contribution in [2.24, 2.45) is 0 Å². The number of carbonyl (C=O) groups excluding carboxylic acids is 1. The third-order valence-electron chi connectivity index (χ3n) is 5.28. The molecule has 2 N–H and O–H groups in total. The average molecular weight is 462 g/mol. The van der Waals surface area contributed by atoms with Crippen LogP contribution in [0.5, 0.6) is 0 Å². The second kappa shape index (κ2) is 9.16. The Hall–Kier alpha value is -3.13. The second-order valence-corrected chi connectivity index (χ2v) is 8.99. The first-order chi connectivity index (χ1) is 15.0. The molecule has 168 valence electrons. The first kappa shape index (κ1) is 23.5. The van der Waals surface area contributed by atoms with E-state index < -0.39 is 17.7 Å². The highest BCUT2D eigenvalue weighted by Gasteiger charge is 2.30. The predicted molar refractivity (Wildman–Crippen MR) is 117 cm³/mol. The van der Waals surface area contributed by atoms with Crippen molar-refractivity contribution in [3.05, 3.63) is 91.7 Å².